The maximum Gasteiger partial charge on any atom is 0.310 e. The Bertz CT molecular complexity index is 496. The van der Waals surface area contributed by atoms with Crippen molar-refractivity contribution in [2.75, 3.05) is 20.2 Å². The number of hydrogen-bond acceptors (Lipinski definition) is 4. The third-order valence-corrected chi connectivity index (χ3v) is 3.48. The molecule has 0 amide bonds. The Hall–Kier alpha value is -1.53. The molecule has 1 aromatic rings. The van der Waals surface area contributed by atoms with Crippen molar-refractivity contribution in [1.82, 2.24) is 4.90 Å². The van der Waals surface area contributed by atoms with Crippen LogP contribution in [0.3, 0.4) is 0 Å². The number of likely N-dealkylation sites (tertiary alicyclic amines) is 1. The van der Waals surface area contributed by atoms with Crippen LogP contribution in [-0.4, -0.2) is 37.1 Å². The number of methoxy groups -OCH3 is 1. The van der Waals surface area contributed by atoms with E-state index in [2.05, 4.69) is 0 Å². The monoisotopic (exact) mass is 284 g/mol. The Kier molecular flexibility index (Phi) is 4.67. The summed E-state index contributed by atoms with van der Waals surface area (Å²) in [5.41, 5.74) is 6.59. The fourth-order valence-corrected chi connectivity index (χ4v) is 2.60. The van der Waals surface area contributed by atoms with Gasteiger partial charge in [-0.15, -0.1) is 0 Å². The van der Waals surface area contributed by atoms with Gasteiger partial charge in [0.15, 0.2) is 11.6 Å². The molecule has 1 saturated heterocycles. The van der Waals surface area contributed by atoms with E-state index in [9.17, 15) is 13.6 Å². The van der Waals surface area contributed by atoms with Gasteiger partial charge >= 0.3 is 5.97 Å². The van der Waals surface area contributed by atoms with Crippen LogP contribution in [0.4, 0.5) is 8.78 Å². The summed E-state index contributed by atoms with van der Waals surface area (Å²) in [5.74, 6) is -2.28. The first-order chi connectivity index (χ1) is 9.49. The van der Waals surface area contributed by atoms with E-state index in [1.807, 2.05) is 4.90 Å². The lowest BCUT2D eigenvalue weighted by molar-refractivity contribution is -0.147. The Labute approximate surface area is 116 Å². The maximum atomic E-state index is 13.2. The van der Waals surface area contributed by atoms with E-state index in [0.717, 1.165) is 6.07 Å². The van der Waals surface area contributed by atoms with E-state index < -0.39 is 11.6 Å². The smallest absolute Gasteiger partial charge is 0.310 e. The number of esters is 1. The van der Waals surface area contributed by atoms with Crippen molar-refractivity contribution in [2.24, 2.45) is 11.7 Å². The summed E-state index contributed by atoms with van der Waals surface area (Å²) >= 11 is 0. The number of carbonyl (C=O) groups is 1. The zero-order valence-electron chi connectivity index (χ0n) is 11.3. The number of ether oxygens (including phenoxy) is 1. The van der Waals surface area contributed by atoms with Crippen molar-refractivity contribution in [3.8, 4) is 0 Å². The van der Waals surface area contributed by atoms with Gasteiger partial charge in [0.1, 0.15) is 0 Å². The van der Waals surface area contributed by atoms with Crippen LogP contribution in [0.2, 0.25) is 0 Å². The standard InChI is InChI=1S/C14H18F2N2O2/c1-20-14(19)10-5-11(17)8-18(7-10)6-9-2-3-12(15)13(16)4-9/h2-4,10-11H,5-8,17H2,1H3. The molecule has 2 N–H and O–H groups in total. The lowest BCUT2D eigenvalue weighted by atomic mass is 9.94. The van der Waals surface area contributed by atoms with Crippen LogP contribution in [0, 0.1) is 17.6 Å². The molecule has 110 valence electrons. The SMILES string of the molecule is COC(=O)C1CC(N)CN(Cc2ccc(F)c(F)c2)C1. The van der Waals surface area contributed by atoms with E-state index in [1.54, 1.807) is 0 Å². The maximum absolute atomic E-state index is 13.2. The number of carbonyl (C=O) groups excluding carboxylic acids is 1. The second kappa shape index (κ2) is 6.28. The molecule has 4 nitrogen and oxygen atoms in total. The molecule has 0 bridgehead atoms. The average Bonchev–Trinajstić information content (AvgIpc) is 2.41. The van der Waals surface area contributed by atoms with Gasteiger partial charge in [-0.25, -0.2) is 8.78 Å². The highest BCUT2D eigenvalue weighted by atomic mass is 19.2. The number of nitrogens with zero attached hydrogens (tertiary/aromatic N) is 1. The van der Waals surface area contributed by atoms with E-state index >= 15 is 0 Å². The third-order valence-electron chi connectivity index (χ3n) is 3.48. The molecule has 0 spiro atoms. The van der Waals surface area contributed by atoms with Gasteiger partial charge in [-0.1, -0.05) is 6.07 Å². The summed E-state index contributed by atoms with van der Waals surface area (Å²) in [5, 5.41) is 0. The molecule has 2 unspecified atom stereocenters. The first-order valence-electron chi connectivity index (χ1n) is 6.49. The summed E-state index contributed by atoms with van der Waals surface area (Å²) in [6, 6.07) is 3.68. The average molecular weight is 284 g/mol. The van der Waals surface area contributed by atoms with Crippen molar-refractivity contribution in [3.05, 3.63) is 35.4 Å². The zero-order valence-corrected chi connectivity index (χ0v) is 11.3. The van der Waals surface area contributed by atoms with E-state index in [0.29, 0.717) is 31.6 Å². The molecule has 0 saturated carbocycles. The lowest BCUT2D eigenvalue weighted by Crippen LogP contribution is -2.48. The van der Waals surface area contributed by atoms with Crippen LogP contribution >= 0.6 is 0 Å². The molecule has 1 aliphatic rings. The number of piperidine rings is 1. The van der Waals surface area contributed by atoms with Crippen LogP contribution in [-0.2, 0) is 16.1 Å². The molecular weight excluding hydrogens is 266 g/mol. The minimum absolute atomic E-state index is 0.127. The highest BCUT2D eigenvalue weighted by Gasteiger charge is 2.30. The number of benzene rings is 1. The van der Waals surface area contributed by atoms with Gasteiger partial charge < -0.3 is 10.5 Å². The summed E-state index contributed by atoms with van der Waals surface area (Å²) in [4.78, 5) is 13.6. The highest BCUT2D eigenvalue weighted by Crippen LogP contribution is 2.20. The predicted octanol–water partition coefficient (Wildman–Crippen LogP) is 1.29. The summed E-state index contributed by atoms with van der Waals surface area (Å²) < 4.78 is 30.8. The lowest BCUT2D eigenvalue weighted by Gasteiger charge is -2.35. The van der Waals surface area contributed by atoms with Gasteiger partial charge in [-0.05, 0) is 24.1 Å². The van der Waals surface area contributed by atoms with Crippen LogP contribution in [0.15, 0.2) is 18.2 Å². The molecule has 1 aromatic carbocycles. The number of halogens is 2. The van der Waals surface area contributed by atoms with Crippen molar-refractivity contribution >= 4 is 5.97 Å². The predicted molar refractivity (Wildman–Crippen MR) is 69.7 cm³/mol. The van der Waals surface area contributed by atoms with Gasteiger partial charge in [-0.3, -0.25) is 9.69 Å². The minimum atomic E-state index is -0.867. The van der Waals surface area contributed by atoms with Crippen molar-refractivity contribution in [3.63, 3.8) is 0 Å². The van der Waals surface area contributed by atoms with Gasteiger partial charge in [0.25, 0.3) is 0 Å². The second-order valence-electron chi connectivity index (χ2n) is 5.16. The van der Waals surface area contributed by atoms with Gasteiger partial charge in [0, 0.05) is 25.7 Å². The van der Waals surface area contributed by atoms with Crippen molar-refractivity contribution < 1.29 is 18.3 Å². The summed E-state index contributed by atoms with van der Waals surface area (Å²) in [6.45, 7) is 1.56. The summed E-state index contributed by atoms with van der Waals surface area (Å²) in [6.07, 6.45) is 0.584. The normalized spacial score (nSPS) is 23.6. The second-order valence-corrected chi connectivity index (χ2v) is 5.16. The molecule has 20 heavy (non-hydrogen) atoms. The van der Waals surface area contributed by atoms with E-state index in [1.165, 1.54) is 19.2 Å². The fourth-order valence-electron chi connectivity index (χ4n) is 2.60. The van der Waals surface area contributed by atoms with E-state index in [-0.39, 0.29) is 17.9 Å². The molecule has 1 heterocycles. The quantitative estimate of drug-likeness (QED) is 0.850. The highest BCUT2D eigenvalue weighted by molar-refractivity contribution is 5.72. The van der Waals surface area contributed by atoms with Crippen LogP contribution in [0.1, 0.15) is 12.0 Å². The van der Waals surface area contributed by atoms with Gasteiger partial charge in [-0.2, -0.15) is 0 Å². The van der Waals surface area contributed by atoms with Gasteiger partial charge in [0.05, 0.1) is 13.0 Å². The van der Waals surface area contributed by atoms with E-state index in [4.69, 9.17) is 10.5 Å². The largest absolute Gasteiger partial charge is 0.469 e. The first-order valence-corrected chi connectivity index (χ1v) is 6.49. The van der Waals surface area contributed by atoms with Crippen LogP contribution in [0.5, 0.6) is 0 Å². The Morgan fingerprint density at radius 1 is 1.40 bits per heavy atom. The third kappa shape index (κ3) is 3.52. The first kappa shape index (κ1) is 14.9. The van der Waals surface area contributed by atoms with Crippen molar-refractivity contribution in [1.29, 1.82) is 0 Å². The molecule has 2 rings (SSSR count). The van der Waals surface area contributed by atoms with Gasteiger partial charge in [0.2, 0.25) is 0 Å². The molecule has 0 radical (unpaired) electrons. The zero-order chi connectivity index (χ0) is 14.7. The molecule has 0 aliphatic carbocycles. The van der Waals surface area contributed by atoms with Crippen LogP contribution in [0.25, 0.3) is 0 Å². The molecule has 1 fully saturated rings. The van der Waals surface area contributed by atoms with Crippen molar-refractivity contribution in [2.45, 2.75) is 19.0 Å². The fraction of sp³-hybridized carbons (Fsp3) is 0.500. The summed E-state index contributed by atoms with van der Waals surface area (Å²) in [7, 11) is 1.35. The number of rotatable bonds is 3. The molecule has 6 heteroatoms. The Morgan fingerprint density at radius 3 is 2.80 bits per heavy atom. The minimum Gasteiger partial charge on any atom is -0.469 e. The Morgan fingerprint density at radius 2 is 2.15 bits per heavy atom. The number of nitrogens with two attached hydrogens (primary N) is 1. The Balaban J connectivity index is 2.04. The molecule has 1 aliphatic heterocycles. The topological polar surface area (TPSA) is 55.6 Å². The molecule has 2 atom stereocenters. The number of hydrogen-bond donors (Lipinski definition) is 1. The molecular formula is C14H18F2N2O2. The molecule has 0 aromatic heterocycles. The van der Waals surface area contributed by atoms with Crippen LogP contribution < -0.4 is 5.73 Å².